The average molecular weight is 313 g/mol. The number of imidazole rings is 1. The van der Waals surface area contributed by atoms with Crippen molar-refractivity contribution in [2.24, 2.45) is 5.73 Å². The predicted octanol–water partition coefficient (Wildman–Crippen LogP) is 2.44. The molecule has 0 saturated heterocycles. The van der Waals surface area contributed by atoms with E-state index in [0.29, 0.717) is 6.54 Å². The van der Waals surface area contributed by atoms with Gasteiger partial charge in [-0.1, -0.05) is 0 Å². The van der Waals surface area contributed by atoms with Gasteiger partial charge in [-0.3, -0.25) is 0 Å². The summed E-state index contributed by atoms with van der Waals surface area (Å²) in [7, 11) is 0. The van der Waals surface area contributed by atoms with Crippen molar-refractivity contribution in [1.29, 1.82) is 0 Å². The highest BCUT2D eigenvalue weighted by Gasteiger charge is 1.99. The largest absolute Gasteiger partial charge is 0.330 e. The van der Waals surface area contributed by atoms with Crippen molar-refractivity contribution >= 4 is 46.4 Å². The Morgan fingerprint density at radius 3 is 2.67 bits per heavy atom. The van der Waals surface area contributed by atoms with Crippen molar-refractivity contribution in [1.82, 2.24) is 9.38 Å². The first-order valence-electron chi connectivity index (χ1n) is 4.13. The molecule has 0 fully saturated rings. The van der Waals surface area contributed by atoms with E-state index in [1.165, 1.54) is 0 Å². The molecule has 0 saturated carbocycles. The monoisotopic (exact) mass is 311 g/mol. The van der Waals surface area contributed by atoms with E-state index < -0.39 is 0 Å². The molecule has 6 heteroatoms. The van der Waals surface area contributed by atoms with Gasteiger partial charge in [0.25, 0.3) is 0 Å². The summed E-state index contributed by atoms with van der Waals surface area (Å²) in [6.07, 6.45) is 4.83. The van der Waals surface area contributed by atoms with E-state index in [1.807, 2.05) is 28.9 Å². The summed E-state index contributed by atoms with van der Waals surface area (Å²) in [4.78, 5) is 4.41. The third-order valence-electron chi connectivity index (χ3n) is 1.87. The van der Waals surface area contributed by atoms with Crippen LogP contribution in [0.2, 0.25) is 0 Å². The molecule has 0 bridgehead atoms. The number of nitrogens with zero attached hydrogens (tertiary/aromatic N) is 2. The van der Waals surface area contributed by atoms with Crippen molar-refractivity contribution < 1.29 is 0 Å². The lowest BCUT2D eigenvalue weighted by Gasteiger charge is -1.91. The number of fused-ring (bicyclic) bond motifs is 1. The summed E-state index contributed by atoms with van der Waals surface area (Å²) in [6.45, 7) is 0.644. The van der Waals surface area contributed by atoms with Gasteiger partial charge in [0.2, 0.25) is 0 Å². The van der Waals surface area contributed by atoms with E-state index in [2.05, 4.69) is 20.9 Å². The Hall–Kier alpha value is -0.290. The van der Waals surface area contributed by atoms with Gasteiger partial charge in [0.05, 0.1) is 5.69 Å². The van der Waals surface area contributed by atoms with E-state index in [9.17, 15) is 0 Å². The molecular weight excluding hydrogens is 301 g/mol. The normalized spacial score (nSPS) is 9.47. The van der Waals surface area contributed by atoms with Crippen molar-refractivity contribution in [3.63, 3.8) is 0 Å². The van der Waals surface area contributed by atoms with Crippen LogP contribution in [0, 0.1) is 0 Å². The predicted molar refractivity (Wildman–Crippen MR) is 70.1 cm³/mol. The van der Waals surface area contributed by atoms with Gasteiger partial charge in [-0.15, -0.1) is 24.8 Å². The molecule has 3 nitrogen and oxygen atoms in total. The van der Waals surface area contributed by atoms with Crippen LogP contribution in [0.4, 0.5) is 0 Å². The van der Waals surface area contributed by atoms with Gasteiger partial charge in [-0.25, -0.2) is 4.98 Å². The van der Waals surface area contributed by atoms with Gasteiger partial charge in [0, 0.05) is 23.3 Å². The highest BCUT2D eigenvalue weighted by atomic mass is 79.9. The molecule has 2 aromatic heterocycles. The van der Waals surface area contributed by atoms with Crippen LogP contribution in [0.25, 0.3) is 5.65 Å². The average Bonchev–Trinajstić information content (AvgIpc) is 2.46. The van der Waals surface area contributed by atoms with Gasteiger partial charge in [-0.05, 0) is 34.6 Å². The Morgan fingerprint density at radius 2 is 2.00 bits per heavy atom. The molecule has 84 valence electrons. The lowest BCUT2D eigenvalue weighted by atomic mass is 10.3. The van der Waals surface area contributed by atoms with Crippen LogP contribution in [-0.4, -0.2) is 15.9 Å². The molecule has 15 heavy (non-hydrogen) atoms. The minimum Gasteiger partial charge on any atom is -0.330 e. The van der Waals surface area contributed by atoms with Crippen LogP contribution in [0.3, 0.4) is 0 Å². The lowest BCUT2D eigenvalue weighted by molar-refractivity contribution is 0.937. The number of nitrogens with two attached hydrogens (primary N) is 1. The first-order chi connectivity index (χ1) is 6.29. The molecule has 2 N–H and O–H groups in total. The highest BCUT2D eigenvalue weighted by Crippen LogP contribution is 2.12. The summed E-state index contributed by atoms with van der Waals surface area (Å²) >= 11 is 3.41. The Morgan fingerprint density at radius 1 is 1.27 bits per heavy atom. The molecule has 0 aliphatic heterocycles. The maximum atomic E-state index is 5.45. The van der Waals surface area contributed by atoms with Crippen molar-refractivity contribution in [2.75, 3.05) is 6.54 Å². The zero-order chi connectivity index (χ0) is 9.26. The Bertz CT molecular complexity index is 430. The standard InChI is InChI=1S/C9H10BrN3.2ClH/c10-7-1-2-9-12-8(3-4-11)6-13(9)5-7;;/h1-2,5-6H,3-4,11H2;2*1H. The fraction of sp³-hybridized carbons (Fsp3) is 0.222. The maximum absolute atomic E-state index is 5.45. The van der Waals surface area contributed by atoms with Crippen molar-refractivity contribution in [2.45, 2.75) is 6.42 Å². The summed E-state index contributed by atoms with van der Waals surface area (Å²) in [5.41, 5.74) is 7.46. The van der Waals surface area contributed by atoms with E-state index in [-0.39, 0.29) is 24.8 Å². The van der Waals surface area contributed by atoms with Crippen LogP contribution in [-0.2, 0) is 6.42 Å². The maximum Gasteiger partial charge on any atom is 0.137 e. The van der Waals surface area contributed by atoms with E-state index in [0.717, 1.165) is 22.2 Å². The summed E-state index contributed by atoms with van der Waals surface area (Å²) in [5.74, 6) is 0. The summed E-state index contributed by atoms with van der Waals surface area (Å²) in [5, 5.41) is 0. The van der Waals surface area contributed by atoms with Crippen LogP contribution in [0.5, 0.6) is 0 Å². The molecule has 2 aromatic rings. The molecule has 2 heterocycles. The van der Waals surface area contributed by atoms with Crippen molar-refractivity contribution in [3.8, 4) is 0 Å². The van der Waals surface area contributed by atoms with Crippen molar-refractivity contribution in [3.05, 3.63) is 34.7 Å². The fourth-order valence-corrected chi connectivity index (χ4v) is 1.64. The minimum atomic E-state index is 0. The zero-order valence-corrected chi connectivity index (χ0v) is 11.1. The molecule has 0 aliphatic carbocycles. The Kier molecular flexibility index (Phi) is 6.20. The molecule has 0 aromatic carbocycles. The first-order valence-corrected chi connectivity index (χ1v) is 4.92. The Labute approximate surface area is 109 Å². The van der Waals surface area contributed by atoms with Gasteiger partial charge in [-0.2, -0.15) is 0 Å². The smallest absolute Gasteiger partial charge is 0.137 e. The molecular formula is C9H12BrCl2N3. The number of pyridine rings is 1. The molecule has 0 spiro atoms. The van der Waals surface area contributed by atoms with Crippen LogP contribution in [0.1, 0.15) is 5.69 Å². The van der Waals surface area contributed by atoms with Crippen LogP contribution in [0.15, 0.2) is 29.0 Å². The topological polar surface area (TPSA) is 43.3 Å². The quantitative estimate of drug-likeness (QED) is 0.925. The molecule has 0 aliphatic rings. The zero-order valence-electron chi connectivity index (χ0n) is 7.89. The van der Waals surface area contributed by atoms with E-state index in [1.54, 1.807) is 0 Å². The summed E-state index contributed by atoms with van der Waals surface area (Å²) < 4.78 is 3.05. The van der Waals surface area contributed by atoms with Gasteiger partial charge < -0.3 is 10.1 Å². The molecule has 2 rings (SSSR count). The highest BCUT2D eigenvalue weighted by molar-refractivity contribution is 9.10. The fourth-order valence-electron chi connectivity index (χ4n) is 1.29. The number of hydrogen-bond donors (Lipinski definition) is 1. The Balaban J connectivity index is 0.000000980. The summed E-state index contributed by atoms with van der Waals surface area (Å²) in [6, 6.07) is 3.96. The second kappa shape index (κ2) is 6.33. The number of aromatic nitrogens is 2. The van der Waals surface area contributed by atoms with Crippen LogP contribution >= 0.6 is 40.7 Å². The molecule has 0 unspecified atom stereocenters. The third-order valence-corrected chi connectivity index (χ3v) is 2.33. The second-order valence-electron chi connectivity index (χ2n) is 2.88. The first kappa shape index (κ1) is 14.7. The molecule has 0 amide bonds. The lowest BCUT2D eigenvalue weighted by Crippen LogP contribution is -2.02. The van der Waals surface area contributed by atoms with Gasteiger partial charge in [0.1, 0.15) is 5.65 Å². The molecule has 0 atom stereocenters. The van der Waals surface area contributed by atoms with Gasteiger partial charge in [0.15, 0.2) is 0 Å². The number of halogens is 3. The number of hydrogen-bond acceptors (Lipinski definition) is 2. The second-order valence-corrected chi connectivity index (χ2v) is 3.80. The SMILES string of the molecule is Cl.Cl.NCCc1cn2cc(Br)ccc2n1. The van der Waals surface area contributed by atoms with Crippen LogP contribution < -0.4 is 5.73 Å². The minimum absolute atomic E-state index is 0. The van der Waals surface area contributed by atoms with Gasteiger partial charge >= 0.3 is 0 Å². The van der Waals surface area contributed by atoms with E-state index in [4.69, 9.17) is 5.73 Å². The number of rotatable bonds is 2. The molecule has 0 radical (unpaired) electrons. The van der Waals surface area contributed by atoms with E-state index >= 15 is 0 Å². The third kappa shape index (κ3) is 3.34.